The van der Waals surface area contributed by atoms with E-state index >= 15 is 0 Å². The van der Waals surface area contributed by atoms with Gasteiger partial charge in [-0.2, -0.15) is 4.58 Å². The summed E-state index contributed by atoms with van der Waals surface area (Å²) >= 11 is 3.62. The molecule has 302 valence electrons. The molecule has 0 saturated heterocycles. The number of rotatable bonds is 13. The fraction of sp³-hybridized carbons (Fsp3) is 0.157. The Bertz CT molecular complexity index is 2920. The van der Waals surface area contributed by atoms with Crippen molar-refractivity contribution in [2.75, 3.05) is 29.5 Å². The number of hydrogen-bond acceptors (Lipinski definition) is 7. The van der Waals surface area contributed by atoms with Gasteiger partial charge in [-0.25, -0.2) is 8.42 Å². The second-order valence-electron chi connectivity index (χ2n) is 14.9. The van der Waals surface area contributed by atoms with E-state index in [-0.39, 0.29) is 4.90 Å². The molecule has 0 fully saturated rings. The van der Waals surface area contributed by atoms with Gasteiger partial charge in [-0.05, 0) is 87.4 Å². The van der Waals surface area contributed by atoms with Crippen molar-refractivity contribution in [3.63, 3.8) is 0 Å². The van der Waals surface area contributed by atoms with Crippen LogP contribution in [0.3, 0.4) is 0 Å². The fourth-order valence-electron chi connectivity index (χ4n) is 8.13. The van der Waals surface area contributed by atoms with Crippen LogP contribution >= 0.6 is 23.5 Å². The summed E-state index contributed by atoms with van der Waals surface area (Å²) in [4.78, 5) is 4.50. The first-order valence-electron chi connectivity index (χ1n) is 20.0. The first kappa shape index (κ1) is 41.2. The molecule has 0 radical (unpaired) electrons. The molecule has 0 aromatic heterocycles. The lowest BCUT2D eigenvalue weighted by Gasteiger charge is -2.29. The van der Waals surface area contributed by atoms with Gasteiger partial charge in [0.1, 0.15) is 21.5 Å². The molecule has 0 spiro atoms. The number of thioether (sulfide) groups is 2. The average molecular weight is 847 g/mol. The van der Waals surface area contributed by atoms with Crippen LogP contribution in [-0.4, -0.2) is 37.6 Å². The summed E-state index contributed by atoms with van der Waals surface area (Å²) in [5, 5.41) is 1.65. The maximum Gasteiger partial charge on any atom is 0.211 e. The Morgan fingerprint density at radius 2 is 1.22 bits per heavy atom. The predicted molar refractivity (Wildman–Crippen MR) is 249 cm³/mol. The van der Waals surface area contributed by atoms with Gasteiger partial charge in [0.25, 0.3) is 0 Å². The zero-order valence-electron chi connectivity index (χ0n) is 34.1. The standard InChI is InChI=1S/C51H46N2O4S3/c1-35-15-13-16-36(2)50(35)52(29-31-58-41-19-7-5-8-20-41)39-25-27-43-46(33-39)57-47-34-40(26-28-44(47)49(43)45-23-11-12-24-48(45)60(54,55)56)53(51-37(3)17-14-18-38(51)4)30-32-59-42-21-9-6-10-22-42/h5-28,33-34H,29-32H2,1-4H3. The Morgan fingerprint density at radius 1 is 0.617 bits per heavy atom. The molecule has 1 aliphatic carbocycles. The molecule has 2 aliphatic rings. The number of hydrogen-bond donors (Lipinski definition) is 0. The predicted octanol–water partition coefficient (Wildman–Crippen LogP) is 12.2. The van der Waals surface area contributed by atoms with E-state index in [2.05, 4.69) is 146 Å². The van der Waals surface area contributed by atoms with Crippen LogP contribution in [0.15, 0.2) is 177 Å². The zero-order chi connectivity index (χ0) is 41.8. The summed E-state index contributed by atoms with van der Waals surface area (Å²) in [6.07, 6.45) is 0. The van der Waals surface area contributed by atoms with Gasteiger partial charge in [0.2, 0.25) is 11.0 Å². The summed E-state index contributed by atoms with van der Waals surface area (Å²) in [5.74, 6) is 2.26. The van der Waals surface area contributed by atoms with Crippen molar-refractivity contribution in [2.45, 2.75) is 42.4 Å². The highest BCUT2D eigenvalue weighted by molar-refractivity contribution is 7.99. The van der Waals surface area contributed by atoms with Gasteiger partial charge in [-0.1, -0.05) is 91.0 Å². The highest BCUT2D eigenvalue weighted by Gasteiger charge is 2.25. The molecule has 0 N–H and O–H groups in total. The van der Waals surface area contributed by atoms with Gasteiger partial charge in [0.15, 0.2) is 6.54 Å². The highest BCUT2D eigenvalue weighted by Crippen LogP contribution is 2.44. The number of para-hydroxylation sites is 2. The molecule has 9 heteroatoms. The number of anilines is 2. The second kappa shape index (κ2) is 18.0. The monoisotopic (exact) mass is 846 g/mol. The third-order valence-corrected chi connectivity index (χ3v) is 13.7. The Labute approximate surface area is 361 Å². The van der Waals surface area contributed by atoms with Crippen molar-refractivity contribution in [3.05, 3.63) is 185 Å². The van der Waals surface area contributed by atoms with Crippen molar-refractivity contribution in [1.82, 2.24) is 4.58 Å². The highest BCUT2D eigenvalue weighted by atomic mass is 32.2. The molecule has 1 heterocycles. The van der Waals surface area contributed by atoms with Gasteiger partial charge in [0, 0.05) is 78.8 Å². The first-order valence-corrected chi connectivity index (χ1v) is 23.4. The van der Waals surface area contributed by atoms with Crippen LogP contribution in [0.4, 0.5) is 17.1 Å². The molecule has 0 unspecified atom stereocenters. The van der Waals surface area contributed by atoms with Crippen LogP contribution < -0.4 is 14.8 Å². The largest absolute Gasteiger partial charge is 0.744 e. The van der Waals surface area contributed by atoms with E-state index in [1.54, 1.807) is 18.2 Å². The molecule has 0 amide bonds. The van der Waals surface area contributed by atoms with Crippen LogP contribution in [0, 0.1) is 27.7 Å². The normalized spacial score (nSPS) is 12.2. The Morgan fingerprint density at radius 3 is 1.87 bits per heavy atom. The maximum absolute atomic E-state index is 12.8. The second-order valence-corrected chi connectivity index (χ2v) is 18.6. The van der Waals surface area contributed by atoms with Gasteiger partial charge >= 0.3 is 0 Å². The SMILES string of the molecule is Cc1cccc(C)c1N(CCSc1ccccc1)c1ccc2c(-c3ccccc3S(=O)(=O)[O-])c3ccc(=[N+](CCSc4ccccc4)c4c(C)cccc4C)cc-3oc2c1. The van der Waals surface area contributed by atoms with Crippen LogP contribution in [0.1, 0.15) is 22.3 Å². The molecule has 8 rings (SSSR count). The topological polar surface area (TPSA) is 76.6 Å². The molecule has 1 aliphatic heterocycles. The van der Waals surface area contributed by atoms with Crippen LogP contribution in [0.5, 0.6) is 0 Å². The summed E-state index contributed by atoms with van der Waals surface area (Å²) in [6, 6.07) is 52.3. The average Bonchev–Trinajstić information content (AvgIpc) is 3.24. The van der Waals surface area contributed by atoms with Gasteiger partial charge in [0.05, 0.1) is 16.7 Å². The molecule has 6 aromatic rings. The molecule has 6 nitrogen and oxygen atoms in total. The fourth-order valence-corrected chi connectivity index (χ4v) is 10.5. The molecule has 60 heavy (non-hydrogen) atoms. The Hall–Kier alpha value is -5.58. The summed E-state index contributed by atoms with van der Waals surface area (Å²) in [7, 11) is -4.82. The molecule has 0 atom stereocenters. The Kier molecular flexibility index (Phi) is 12.3. The maximum atomic E-state index is 12.8. The lowest BCUT2D eigenvalue weighted by Crippen LogP contribution is -2.29. The van der Waals surface area contributed by atoms with Crippen LogP contribution in [0.2, 0.25) is 0 Å². The third-order valence-electron chi connectivity index (χ3n) is 10.8. The molecular weight excluding hydrogens is 801 g/mol. The summed E-state index contributed by atoms with van der Waals surface area (Å²) in [6.45, 7) is 10.0. The van der Waals surface area contributed by atoms with Crippen molar-refractivity contribution < 1.29 is 17.4 Å². The van der Waals surface area contributed by atoms with Gasteiger partial charge < -0.3 is 13.9 Å². The van der Waals surface area contributed by atoms with E-state index in [1.165, 1.54) is 15.9 Å². The minimum Gasteiger partial charge on any atom is -0.744 e. The van der Waals surface area contributed by atoms with Crippen molar-refractivity contribution in [3.8, 4) is 22.5 Å². The van der Waals surface area contributed by atoms with Crippen molar-refractivity contribution in [2.24, 2.45) is 0 Å². The molecule has 0 bridgehead atoms. The number of fused-ring (bicyclic) bond motifs is 2. The number of nitrogens with zero attached hydrogens (tertiary/aromatic N) is 2. The molecule has 6 aromatic carbocycles. The van der Waals surface area contributed by atoms with E-state index < -0.39 is 10.1 Å². The minimum absolute atomic E-state index is 0.267. The van der Waals surface area contributed by atoms with E-state index in [0.717, 1.165) is 69.3 Å². The van der Waals surface area contributed by atoms with E-state index in [4.69, 9.17) is 4.42 Å². The zero-order valence-corrected chi connectivity index (χ0v) is 36.5. The lowest BCUT2D eigenvalue weighted by atomic mass is 9.93. The third kappa shape index (κ3) is 8.81. The first-order chi connectivity index (χ1) is 29.1. The lowest BCUT2D eigenvalue weighted by molar-refractivity contribution is 0.463. The smallest absolute Gasteiger partial charge is 0.211 e. The van der Waals surface area contributed by atoms with Crippen LogP contribution in [0.25, 0.3) is 33.4 Å². The van der Waals surface area contributed by atoms with Gasteiger partial charge in [-0.3, -0.25) is 0 Å². The summed E-state index contributed by atoms with van der Waals surface area (Å²) < 4.78 is 47.8. The number of aryl methyl sites for hydroxylation is 4. The van der Waals surface area contributed by atoms with E-state index in [0.29, 0.717) is 33.4 Å². The molecular formula is C51H46N2O4S3. The summed E-state index contributed by atoms with van der Waals surface area (Å²) in [5.41, 5.74) is 10.1. The van der Waals surface area contributed by atoms with E-state index in [1.807, 2.05) is 47.8 Å². The van der Waals surface area contributed by atoms with Gasteiger partial charge in [-0.15, -0.1) is 23.5 Å². The Balaban J connectivity index is 1.35. The minimum atomic E-state index is -4.82. The quantitative estimate of drug-likeness (QED) is 0.0495. The van der Waals surface area contributed by atoms with Crippen molar-refractivity contribution >= 4 is 61.7 Å². The van der Waals surface area contributed by atoms with Crippen molar-refractivity contribution in [1.29, 1.82) is 0 Å². The molecule has 0 saturated carbocycles. The van der Waals surface area contributed by atoms with Crippen LogP contribution in [-0.2, 0) is 10.1 Å². The number of benzene rings is 7. The van der Waals surface area contributed by atoms with E-state index in [9.17, 15) is 13.0 Å².